The number of ether oxygens (including phenoxy) is 2. The van der Waals surface area contributed by atoms with Crippen molar-refractivity contribution >= 4 is 18.0 Å². The van der Waals surface area contributed by atoms with Crippen LogP contribution in [0.25, 0.3) is 22.4 Å². The van der Waals surface area contributed by atoms with E-state index in [1.54, 1.807) is 32.9 Å². The van der Waals surface area contributed by atoms with Crippen LogP contribution in [0.5, 0.6) is 5.75 Å². The number of piperazine rings is 1. The van der Waals surface area contributed by atoms with Crippen LogP contribution in [-0.2, 0) is 16.1 Å². The van der Waals surface area contributed by atoms with Crippen molar-refractivity contribution in [2.24, 2.45) is 0 Å². The predicted molar refractivity (Wildman–Crippen MR) is 179 cm³/mol. The molecule has 52 heavy (non-hydrogen) atoms. The number of carboxylic acids is 1. The number of halogens is 6. The Bertz CT molecular complexity index is 1710. The predicted octanol–water partition coefficient (Wildman–Crippen LogP) is 6.30. The van der Waals surface area contributed by atoms with Crippen molar-refractivity contribution in [1.29, 1.82) is 0 Å². The summed E-state index contributed by atoms with van der Waals surface area (Å²) in [6, 6.07) is 15.4. The fourth-order valence-electron chi connectivity index (χ4n) is 5.77. The number of carbonyl (C=O) groups excluding carboxylic acids is 2. The van der Waals surface area contributed by atoms with Gasteiger partial charge in [-0.1, -0.05) is 36.4 Å². The van der Waals surface area contributed by atoms with Gasteiger partial charge in [0, 0.05) is 51.4 Å². The Morgan fingerprint density at radius 2 is 1.58 bits per heavy atom. The van der Waals surface area contributed by atoms with Crippen molar-refractivity contribution in [3.8, 4) is 28.1 Å². The maximum absolute atomic E-state index is 13.1. The van der Waals surface area contributed by atoms with Gasteiger partial charge in [-0.2, -0.15) is 13.2 Å². The Morgan fingerprint density at radius 3 is 2.15 bits per heavy atom. The second kappa shape index (κ2) is 16.3. The van der Waals surface area contributed by atoms with Gasteiger partial charge in [0.15, 0.2) is 0 Å². The second-order valence-corrected chi connectivity index (χ2v) is 13.4. The van der Waals surface area contributed by atoms with E-state index in [4.69, 9.17) is 14.6 Å². The number of hydrogen-bond acceptors (Lipinski definition) is 7. The fourth-order valence-corrected chi connectivity index (χ4v) is 5.77. The summed E-state index contributed by atoms with van der Waals surface area (Å²) in [7, 11) is 2.12. The number of alkyl carbamates (subject to hydrolysis) is 1. The lowest BCUT2D eigenvalue weighted by Crippen LogP contribution is -2.43. The quantitative estimate of drug-likeness (QED) is 0.230. The van der Waals surface area contributed by atoms with Gasteiger partial charge in [-0.05, 0) is 69.1 Å². The molecule has 0 unspecified atom stereocenters. The zero-order chi connectivity index (χ0) is 38.4. The lowest BCUT2D eigenvalue weighted by Gasteiger charge is -2.32. The molecule has 3 aromatic rings. The molecule has 0 bridgehead atoms. The number of hydrogen-bond donors (Lipinski definition) is 3. The number of carbonyl (C=O) groups is 3. The van der Waals surface area contributed by atoms with Crippen molar-refractivity contribution in [3.63, 3.8) is 0 Å². The Labute approximate surface area is 296 Å². The SMILES string of the molecule is CN1CCN(Cc2ccc(-c3c(-c4cccc(OC(F)(F)F)c4)cc4n3[C@@H](CCNC(=O)OC(C)(C)C)CNC4=O)cc2)CC1.O=C(O)C(F)(F)F. The van der Waals surface area contributed by atoms with E-state index in [-0.39, 0.29) is 17.7 Å². The summed E-state index contributed by atoms with van der Waals surface area (Å²) in [4.78, 5) is 39.0. The molecular weight excluding hydrogens is 700 g/mol. The third kappa shape index (κ3) is 11.4. The van der Waals surface area contributed by atoms with Crippen LogP contribution in [0.4, 0.5) is 31.1 Å². The molecule has 2 amide bonds. The first kappa shape index (κ1) is 40.0. The number of likely N-dealkylation sites (N-methyl/N-ethyl adjacent to an activating group) is 1. The van der Waals surface area contributed by atoms with Gasteiger partial charge in [0.05, 0.1) is 11.7 Å². The average molecular weight is 742 g/mol. The highest BCUT2D eigenvalue weighted by atomic mass is 19.4. The van der Waals surface area contributed by atoms with Crippen LogP contribution in [-0.4, -0.2) is 102 Å². The highest BCUT2D eigenvalue weighted by molar-refractivity contribution is 5.98. The second-order valence-electron chi connectivity index (χ2n) is 13.4. The first-order valence-corrected chi connectivity index (χ1v) is 16.4. The van der Waals surface area contributed by atoms with E-state index in [0.29, 0.717) is 42.0 Å². The minimum Gasteiger partial charge on any atom is -0.475 e. The van der Waals surface area contributed by atoms with Crippen LogP contribution in [0, 0.1) is 0 Å². The number of rotatable bonds is 8. The van der Waals surface area contributed by atoms with Crippen LogP contribution in [0.3, 0.4) is 0 Å². The Hall–Kier alpha value is -4.77. The molecule has 284 valence electrons. The Kier molecular flexibility index (Phi) is 12.5. The molecule has 3 N–H and O–H groups in total. The van der Waals surface area contributed by atoms with Crippen LogP contribution in [0.1, 0.15) is 49.3 Å². The molecule has 1 fully saturated rings. The van der Waals surface area contributed by atoms with Crippen molar-refractivity contribution in [3.05, 3.63) is 65.9 Å². The van der Waals surface area contributed by atoms with Gasteiger partial charge in [-0.3, -0.25) is 9.69 Å². The standard InChI is InChI=1S/C33H40F3N5O4.C2HF3O2/c1-32(2,3)45-31(43)37-13-12-25-20-38-30(42)28-19-27(24-6-5-7-26(18-24)44-33(34,35)36)29(41(25)28)23-10-8-22(9-11-23)21-40-16-14-39(4)15-17-40;3-2(4,5)1(6)7/h5-11,18-19,25H,12-17,20-21H2,1-4H3,(H,37,43)(H,38,42);(H,6,7)/t25-;/m0./s1. The van der Waals surface area contributed by atoms with E-state index in [0.717, 1.165) is 43.9 Å². The van der Waals surface area contributed by atoms with Gasteiger partial charge in [0.2, 0.25) is 0 Å². The number of benzene rings is 2. The molecule has 2 aromatic carbocycles. The van der Waals surface area contributed by atoms with Crippen LogP contribution < -0.4 is 15.4 Å². The normalized spacial score (nSPS) is 17.0. The largest absolute Gasteiger partial charge is 0.573 e. The fraction of sp³-hybridized carbons (Fsp3) is 0.457. The van der Waals surface area contributed by atoms with Gasteiger partial charge in [-0.15, -0.1) is 13.2 Å². The molecule has 17 heteroatoms. The monoisotopic (exact) mass is 741 g/mol. The lowest BCUT2D eigenvalue weighted by molar-refractivity contribution is -0.274. The molecule has 5 rings (SSSR count). The summed E-state index contributed by atoms with van der Waals surface area (Å²) >= 11 is 0. The molecule has 0 saturated carbocycles. The molecule has 0 spiro atoms. The minimum atomic E-state index is -5.08. The van der Waals surface area contributed by atoms with E-state index in [1.807, 2.05) is 16.7 Å². The maximum Gasteiger partial charge on any atom is 0.573 e. The number of aliphatic carboxylic acids is 1. The Morgan fingerprint density at radius 1 is 0.942 bits per heavy atom. The highest BCUT2D eigenvalue weighted by Gasteiger charge is 2.38. The van der Waals surface area contributed by atoms with Crippen molar-refractivity contribution in [2.45, 2.75) is 57.9 Å². The first-order chi connectivity index (χ1) is 24.2. The molecule has 0 radical (unpaired) electrons. The average Bonchev–Trinajstić information content (AvgIpc) is 3.44. The molecule has 2 aliphatic rings. The number of alkyl halides is 6. The van der Waals surface area contributed by atoms with Gasteiger partial charge in [0.25, 0.3) is 5.91 Å². The number of fused-ring (bicyclic) bond motifs is 1. The van der Waals surface area contributed by atoms with Gasteiger partial charge < -0.3 is 34.7 Å². The molecular formula is C35H41F6N5O6. The third-order valence-electron chi connectivity index (χ3n) is 8.13. The van der Waals surface area contributed by atoms with E-state index >= 15 is 0 Å². The van der Waals surface area contributed by atoms with E-state index in [1.165, 1.54) is 18.2 Å². The molecule has 2 aliphatic heterocycles. The molecule has 1 aromatic heterocycles. The maximum atomic E-state index is 13.1. The summed E-state index contributed by atoms with van der Waals surface area (Å²) in [6.07, 6.45) is -9.98. The number of nitrogens with one attached hydrogen (secondary N) is 2. The van der Waals surface area contributed by atoms with E-state index in [2.05, 4.69) is 44.4 Å². The zero-order valence-electron chi connectivity index (χ0n) is 29.0. The molecule has 11 nitrogen and oxygen atoms in total. The topological polar surface area (TPSA) is 125 Å². The van der Waals surface area contributed by atoms with E-state index < -0.39 is 30.2 Å². The smallest absolute Gasteiger partial charge is 0.475 e. The number of aromatic nitrogens is 1. The summed E-state index contributed by atoms with van der Waals surface area (Å²) in [6.45, 7) is 10.8. The van der Waals surface area contributed by atoms with Gasteiger partial charge in [0.1, 0.15) is 17.0 Å². The third-order valence-corrected chi connectivity index (χ3v) is 8.13. The molecule has 0 aliphatic carbocycles. The van der Waals surface area contributed by atoms with Gasteiger partial charge >= 0.3 is 24.6 Å². The van der Waals surface area contributed by atoms with Crippen molar-refractivity contribution < 1.29 is 55.3 Å². The highest BCUT2D eigenvalue weighted by Crippen LogP contribution is 2.41. The molecule has 1 saturated heterocycles. The summed E-state index contributed by atoms with van der Waals surface area (Å²) in [5.74, 6) is -3.39. The van der Waals surface area contributed by atoms with Crippen LogP contribution >= 0.6 is 0 Å². The first-order valence-electron chi connectivity index (χ1n) is 16.4. The van der Waals surface area contributed by atoms with Crippen LogP contribution in [0.15, 0.2) is 54.6 Å². The number of amides is 2. The number of carboxylic acid groups (broad SMARTS) is 1. The van der Waals surface area contributed by atoms with Crippen LogP contribution in [0.2, 0.25) is 0 Å². The zero-order valence-corrected chi connectivity index (χ0v) is 29.0. The summed E-state index contributed by atoms with van der Waals surface area (Å²) in [5.41, 5.74) is 3.50. The minimum absolute atomic E-state index is 0.240. The van der Waals surface area contributed by atoms with Gasteiger partial charge in [-0.25, -0.2) is 9.59 Å². The van der Waals surface area contributed by atoms with E-state index in [9.17, 15) is 35.9 Å². The Balaban J connectivity index is 0.000000785. The molecule has 3 heterocycles. The van der Waals surface area contributed by atoms with Crippen molar-refractivity contribution in [2.75, 3.05) is 46.3 Å². The number of nitrogens with zero attached hydrogens (tertiary/aromatic N) is 3. The van der Waals surface area contributed by atoms with Crippen molar-refractivity contribution in [1.82, 2.24) is 25.0 Å². The molecule has 1 atom stereocenters. The summed E-state index contributed by atoms with van der Waals surface area (Å²) in [5, 5.41) is 12.8. The lowest BCUT2D eigenvalue weighted by atomic mass is 9.99. The summed E-state index contributed by atoms with van der Waals surface area (Å²) < 4.78 is 82.5.